The number of aryl methyl sites for hydroxylation is 2. The number of aromatic nitrogens is 1. The Hall–Kier alpha value is -1.06. The lowest BCUT2D eigenvalue weighted by Crippen LogP contribution is -2.53. The Balaban J connectivity index is 1.34. The summed E-state index contributed by atoms with van der Waals surface area (Å²) in [6, 6.07) is 0. The number of piperidine rings is 1. The summed E-state index contributed by atoms with van der Waals surface area (Å²) in [5.74, 6) is 0.106. The highest BCUT2D eigenvalue weighted by molar-refractivity contribution is 7.11. The number of hydrogen-bond acceptors (Lipinski definition) is 7. The van der Waals surface area contributed by atoms with E-state index in [0.717, 1.165) is 56.3 Å². The molecular weight excluding hydrogens is 390 g/mol. The smallest absolute Gasteiger partial charge is 0.251 e. The molecule has 0 bridgehead atoms. The first-order chi connectivity index (χ1) is 13.8. The van der Waals surface area contributed by atoms with Crippen LogP contribution in [0.5, 0.6) is 0 Å². The molecule has 1 spiro atoms. The van der Waals surface area contributed by atoms with E-state index in [4.69, 9.17) is 14.2 Å². The van der Waals surface area contributed by atoms with E-state index in [1.165, 1.54) is 4.88 Å². The van der Waals surface area contributed by atoms with Gasteiger partial charge in [0.1, 0.15) is 11.7 Å². The van der Waals surface area contributed by atoms with Gasteiger partial charge in [-0.05, 0) is 33.6 Å². The van der Waals surface area contributed by atoms with Gasteiger partial charge in [0.25, 0.3) is 5.91 Å². The Morgan fingerprint density at radius 3 is 2.72 bits per heavy atom. The quantitative estimate of drug-likeness (QED) is 0.739. The van der Waals surface area contributed by atoms with E-state index >= 15 is 0 Å². The first-order valence-electron chi connectivity index (χ1n) is 10.6. The summed E-state index contributed by atoms with van der Waals surface area (Å²) in [6.45, 7) is 11.5. The molecule has 0 unspecified atom stereocenters. The maximum absolute atomic E-state index is 13.0. The average molecular weight is 424 g/mol. The molecule has 29 heavy (non-hydrogen) atoms. The number of thiazole rings is 1. The molecule has 1 amide bonds. The van der Waals surface area contributed by atoms with Crippen molar-refractivity contribution in [1.29, 1.82) is 0 Å². The van der Waals surface area contributed by atoms with E-state index in [-0.39, 0.29) is 17.1 Å². The summed E-state index contributed by atoms with van der Waals surface area (Å²) in [5, 5.41) is 1.11. The van der Waals surface area contributed by atoms with Crippen molar-refractivity contribution in [2.75, 3.05) is 46.5 Å². The number of nitrogens with zero attached hydrogens (tertiary/aromatic N) is 3. The normalized spacial score (nSPS) is 30.2. The number of hydrogen-bond donors (Lipinski definition) is 0. The Bertz CT molecular complexity index is 746. The number of amides is 1. The average Bonchev–Trinajstić information content (AvgIpc) is 3.24. The second kappa shape index (κ2) is 8.23. The van der Waals surface area contributed by atoms with Crippen molar-refractivity contribution in [3.63, 3.8) is 0 Å². The molecule has 0 radical (unpaired) electrons. The minimum atomic E-state index is -0.394. The molecule has 0 saturated carbocycles. The molecule has 3 aliphatic rings. The van der Waals surface area contributed by atoms with Crippen molar-refractivity contribution >= 4 is 17.2 Å². The number of carbonyl (C=O) groups is 1. The number of morpholine rings is 1. The Morgan fingerprint density at radius 2 is 2.07 bits per heavy atom. The second-order valence-corrected chi connectivity index (χ2v) is 10.3. The van der Waals surface area contributed by atoms with E-state index in [9.17, 15) is 4.79 Å². The van der Waals surface area contributed by atoms with Crippen LogP contribution in [-0.4, -0.2) is 84.5 Å². The summed E-state index contributed by atoms with van der Waals surface area (Å²) >= 11 is 1.77. The largest absolute Gasteiger partial charge is 0.378 e. The van der Waals surface area contributed by atoms with Gasteiger partial charge in [0.15, 0.2) is 0 Å². The SMILES string of the molecule is COC1(C)CCN(C(=O)[C@@H]2C[C@@]3(CO2)CN(Cc2sc(C)nc2C)CCO3)CC1. The summed E-state index contributed by atoms with van der Waals surface area (Å²) in [4.78, 5) is 23.3. The first kappa shape index (κ1) is 21.2. The Labute approximate surface area is 177 Å². The molecule has 1 aromatic heterocycles. The highest BCUT2D eigenvalue weighted by Gasteiger charge is 2.48. The minimum absolute atomic E-state index is 0.106. The minimum Gasteiger partial charge on any atom is -0.378 e. The molecule has 3 saturated heterocycles. The van der Waals surface area contributed by atoms with Crippen LogP contribution in [0, 0.1) is 13.8 Å². The van der Waals surface area contributed by atoms with Gasteiger partial charge in [0.05, 0.1) is 29.5 Å². The zero-order chi connectivity index (χ0) is 20.6. The molecule has 0 aliphatic carbocycles. The van der Waals surface area contributed by atoms with E-state index in [1.807, 2.05) is 4.90 Å². The van der Waals surface area contributed by atoms with Crippen molar-refractivity contribution in [2.45, 2.75) is 63.9 Å². The molecular formula is C21H33N3O4S. The van der Waals surface area contributed by atoms with Crippen molar-refractivity contribution in [1.82, 2.24) is 14.8 Å². The fourth-order valence-electron chi connectivity index (χ4n) is 4.67. The van der Waals surface area contributed by atoms with E-state index < -0.39 is 6.10 Å². The van der Waals surface area contributed by atoms with Gasteiger partial charge in [-0.15, -0.1) is 11.3 Å². The number of likely N-dealkylation sites (tertiary alicyclic amines) is 1. The molecule has 4 heterocycles. The third kappa shape index (κ3) is 4.51. The molecule has 0 aromatic carbocycles. The fraction of sp³-hybridized carbons (Fsp3) is 0.810. The highest BCUT2D eigenvalue weighted by Crippen LogP contribution is 2.34. The van der Waals surface area contributed by atoms with Gasteiger partial charge in [-0.1, -0.05) is 0 Å². The third-order valence-corrected chi connectivity index (χ3v) is 7.76. The molecule has 2 atom stereocenters. The fourth-order valence-corrected chi connectivity index (χ4v) is 5.65. The molecule has 3 fully saturated rings. The third-order valence-electron chi connectivity index (χ3n) is 6.70. The van der Waals surface area contributed by atoms with Crippen molar-refractivity contribution in [2.24, 2.45) is 0 Å². The van der Waals surface area contributed by atoms with Crippen LogP contribution < -0.4 is 0 Å². The predicted molar refractivity (Wildman–Crippen MR) is 111 cm³/mol. The number of methoxy groups -OCH3 is 1. The van der Waals surface area contributed by atoms with Gasteiger partial charge < -0.3 is 19.1 Å². The molecule has 8 heteroatoms. The van der Waals surface area contributed by atoms with Crippen LogP contribution in [0.3, 0.4) is 0 Å². The molecule has 1 aromatic rings. The summed E-state index contributed by atoms with van der Waals surface area (Å²) in [5.41, 5.74) is 0.634. The number of ether oxygens (including phenoxy) is 3. The molecule has 7 nitrogen and oxygen atoms in total. The Morgan fingerprint density at radius 1 is 1.31 bits per heavy atom. The van der Waals surface area contributed by atoms with Crippen molar-refractivity contribution < 1.29 is 19.0 Å². The standard InChI is InChI=1S/C21H33N3O4S/c1-15-18(29-16(2)22-15)12-23-9-10-28-21(13-23)11-17(27-14-21)19(25)24-7-5-20(3,26-4)6-8-24/h17H,5-14H2,1-4H3/t17-,21-/m0/s1. The topological polar surface area (TPSA) is 64.1 Å². The molecule has 0 N–H and O–H groups in total. The van der Waals surface area contributed by atoms with Crippen LogP contribution in [0.2, 0.25) is 0 Å². The second-order valence-electron chi connectivity index (χ2n) is 8.97. The summed E-state index contributed by atoms with van der Waals surface area (Å²) in [6.07, 6.45) is 1.98. The summed E-state index contributed by atoms with van der Waals surface area (Å²) < 4.78 is 17.8. The van der Waals surface area contributed by atoms with E-state index in [2.05, 4.69) is 30.7 Å². The van der Waals surface area contributed by atoms with Gasteiger partial charge >= 0.3 is 0 Å². The van der Waals surface area contributed by atoms with Crippen molar-refractivity contribution in [3.05, 3.63) is 15.6 Å². The number of carbonyl (C=O) groups excluding carboxylic acids is 1. The van der Waals surface area contributed by atoms with E-state index in [1.54, 1.807) is 18.4 Å². The maximum atomic E-state index is 13.0. The van der Waals surface area contributed by atoms with Crippen LogP contribution in [-0.2, 0) is 25.5 Å². The zero-order valence-electron chi connectivity index (χ0n) is 18.0. The monoisotopic (exact) mass is 423 g/mol. The van der Waals surface area contributed by atoms with Gasteiger partial charge in [0, 0.05) is 51.1 Å². The van der Waals surface area contributed by atoms with E-state index in [0.29, 0.717) is 19.6 Å². The lowest BCUT2D eigenvalue weighted by atomic mass is 9.92. The molecule has 162 valence electrons. The highest BCUT2D eigenvalue weighted by atomic mass is 32.1. The predicted octanol–water partition coefficient (Wildman–Crippen LogP) is 2.15. The van der Waals surface area contributed by atoms with Crippen LogP contribution >= 0.6 is 11.3 Å². The Kier molecular flexibility index (Phi) is 6.01. The van der Waals surface area contributed by atoms with Crippen LogP contribution in [0.15, 0.2) is 0 Å². The zero-order valence-corrected chi connectivity index (χ0v) is 18.8. The van der Waals surface area contributed by atoms with Crippen LogP contribution in [0.4, 0.5) is 0 Å². The van der Waals surface area contributed by atoms with Gasteiger partial charge in [0.2, 0.25) is 0 Å². The van der Waals surface area contributed by atoms with Crippen LogP contribution in [0.25, 0.3) is 0 Å². The van der Waals surface area contributed by atoms with Gasteiger partial charge in [-0.2, -0.15) is 0 Å². The van der Waals surface area contributed by atoms with Crippen molar-refractivity contribution in [3.8, 4) is 0 Å². The lowest BCUT2D eigenvalue weighted by molar-refractivity contribution is -0.145. The first-order valence-corrected chi connectivity index (χ1v) is 11.4. The van der Waals surface area contributed by atoms with Gasteiger partial charge in [-0.25, -0.2) is 4.98 Å². The lowest BCUT2D eigenvalue weighted by Gasteiger charge is -2.40. The molecule has 3 aliphatic heterocycles. The van der Waals surface area contributed by atoms with Crippen LogP contribution in [0.1, 0.15) is 41.8 Å². The summed E-state index contributed by atoms with van der Waals surface area (Å²) in [7, 11) is 1.75. The molecule has 4 rings (SSSR count). The van der Waals surface area contributed by atoms with Gasteiger partial charge in [-0.3, -0.25) is 9.69 Å². The number of rotatable bonds is 4. The maximum Gasteiger partial charge on any atom is 0.251 e.